The van der Waals surface area contributed by atoms with Crippen LogP contribution < -0.4 is 30.7 Å². The zero-order chi connectivity index (χ0) is 67.2. The van der Waals surface area contributed by atoms with Crippen LogP contribution >= 0.6 is 0 Å². The fraction of sp³-hybridized carbons (Fsp3) is 0.200. The lowest BCUT2D eigenvalue weighted by molar-refractivity contribution is 0.00580. The van der Waals surface area contributed by atoms with Crippen molar-refractivity contribution in [1.29, 1.82) is 0 Å². The minimum absolute atomic E-state index is 0.0302. The fourth-order valence-corrected chi connectivity index (χ4v) is 9.31. The van der Waals surface area contributed by atoms with Gasteiger partial charge in [0.05, 0.1) is 44.9 Å². The van der Waals surface area contributed by atoms with Crippen LogP contribution in [0.25, 0.3) is 33.4 Å². The van der Waals surface area contributed by atoms with Crippen molar-refractivity contribution in [3.05, 3.63) is 239 Å². The average Bonchev–Trinajstić information content (AvgIpc) is 1.76. The van der Waals surface area contributed by atoms with E-state index in [0.717, 1.165) is 56.0 Å². The van der Waals surface area contributed by atoms with E-state index in [0.29, 0.717) is 22.5 Å². The van der Waals surface area contributed by atoms with Gasteiger partial charge in [-0.15, -0.1) is 0 Å². The van der Waals surface area contributed by atoms with Gasteiger partial charge in [0, 0.05) is 77.0 Å². The predicted octanol–water partition coefficient (Wildman–Crippen LogP) is 15.3. The van der Waals surface area contributed by atoms with Crippen LogP contribution in [0.2, 0.25) is 0 Å². The molecule has 0 saturated heterocycles. The SMILES string of the molecule is CN(C)c1ccc(C(=O)Nc2cc(-c3ccccc3)ccc2C(=O)O)c(O)c1.CN(C)c1ccc(C(=O)Nc2cc(-c3ccccc3)ccc2C(=O)OC(C)(C)C)c(O)c1.Cc1cc(N(C)C)ccc1C(=O)Nc1cc(-c2ccccc2)ccc1C(=O)OC(C)(C)C. The first-order valence-corrected chi connectivity index (χ1v) is 29.5. The van der Waals surface area contributed by atoms with Crippen molar-refractivity contribution < 1.29 is 53.6 Å². The summed E-state index contributed by atoms with van der Waals surface area (Å²) in [5.74, 6) is -3.89. The molecule has 9 aromatic carbocycles. The van der Waals surface area contributed by atoms with E-state index in [1.54, 1.807) is 80.3 Å². The Morgan fingerprint density at radius 3 is 0.924 bits per heavy atom. The number of nitrogens with one attached hydrogen (secondary N) is 3. The van der Waals surface area contributed by atoms with Crippen molar-refractivity contribution in [1.82, 2.24) is 0 Å². The number of carbonyl (C=O) groups is 6. The smallest absolute Gasteiger partial charge is 0.340 e. The summed E-state index contributed by atoms with van der Waals surface area (Å²) in [6.07, 6.45) is 0. The molecule has 0 radical (unpaired) electrons. The number of carboxylic acids is 1. The van der Waals surface area contributed by atoms with Gasteiger partial charge in [0.25, 0.3) is 17.7 Å². The topological polar surface area (TPSA) is 227 Å². The summed E-state index contributed by atoms with van der Waals surface area (Å²) in [7, 11) is 11.2. The van der Waals surface area contributed by atoms with E-state index in [9.17, 15) is 44.1 Å². The molecule has 0 fully saturated rings. The van der Waals surface area contributed by atoms with Crippen molar-refractivity contribution in [3.8, 4) is 44.9 Å². The molecule has 0 aliphatic rings. The molecule has 9 rings (SSSR count). The zero-order valence-corrected chi connectivity index (χ0v) is 54.0. The summed E-state index contributed by atoms with van der Waals surface area (Å²) in [5, 5.41) is 38.4. The molecule has 0 aromatic heterocycles. The Kier molecular flexibility index (Phi) is 22.2. The number of aromatic hydroxyl groups is 2. The maximum Gasteiger partial charge on any atom is 0.340 e. The number of carbonyl (C=O) groups excluding carboxylic acids is 5. The lowest BCUT2D eigenvalue weighted by Crippen LogP contribution is -2.25. The van der Waals surface area contributed by atoms with Crippen LogP contribution in [0.3, 0.4) is 0 Å². The van der Waals surface area contributed by atoms with Gasteiger partial charge in [-0.25, -0.2) is 14.4 Å². The normalized spacial score (nSPS) is 10.8. The number of aromatic carboxylic acids is 1. The number of phenols is 2. The minimum atomic E-state index is -1.15. The molecule has 0 spiro atoms. The molecule has 0 aliphatic carbocycles. The van der Waals surface area contributed by atoms with E-state index in [4.69, 9.17) is 9.47 Å². The number of esters is 2. The summed E-state index contributed by atoms with van der Waals surface area (Å²) in [4.78, 5) is 81.6. The standard InChI is InChI=1S/C27H30N2O3.C26H28N2O4.C22H20N2O4/c1-18-16-21(29(5)6)13-15-22(18)25(30)28-24-17-20(19-10-8-7-9-11-19)12-14-23(24)26(31)32-27(2,3)4;1-26(2,3)32-25(31)20-13-11-18(17-9-7-6-8-10-17)15-22(20)27-24(30)21-14-12-19(28(4)5)16-23(21)29;1-24(2)16-9-11-18(20(25)13-16)21(26)23-19-12-15(8-10-17(19)22(27)28)14-6-4-3-5-7-14/h7-17H,1-6H3,(H,28,30);6-16,29H,1-5H3,(H,27,30);3-13,25H,1-2H3,(H,23,26)(H,27,28). The number of nitrogens with zero attached hydrogens (tertiary/aromatic N) is 3. The molecule has 0 aliphatic heterocycles. The molecule has 6 N–H and O–H groups in total. The Morgan fingerprint density at radius 2 is 0.630 bits per heavy atom. The molecule has 3 amide bonds. The summed E-state index contributed by atoms with van der Waals surface area (Å²) in [5.41, 5.74) is 9.50. The Hall–Kier alpha value is -11.2. The third kappa shape index (κ3) is 18.4. The van der Waals surface area contributed by atoms with Crippen LogP contribution in [0, 0.1) is 6.92 Å². The van der Waals surface area contributed by atoms with Gasteiger partial charge >= 0.3 is 17.9 Å². The maximum absolute atomic E-state index is 13.1. The minimum Gasteiger partial charge on any atom is -0.507 e. The quantitative estimate of drug-likeness (QED) is 0.0525. The van der Waals surface area contributed by atoms with E-state index >= 15 is 0 Å². The third-order valence-corrected chi connectivity index (χ3v) is 14.0. The molecule has 0 atom stereocenters. The van der Waals surface area contributed by atoms with Gasteiger partial charge in [0.2, 0.25) is 0 Å². The molecule has 0 heterocycles. The number of aryl methyl sites for hydroxylation is 1. The van der Waals surface area contributed by atoms with Gasteiger partial charge in [-0.3, -0.25) is 14.4 Å². The summed E-state index contributed by atoms with van der Waals surface area (Å²) in [6.45, 7) is 12.7. The highest BCUT2D eigenvalue weighted by molar-refractivity contribution is 6.12. The summed E-state index contributed by atoms with van der Waals surface area (Å²) in [6, 6.07) is 59.4. The Balaban J connectivity index is 0.000000196. The van der Waals surface area contributed by atoms with Crippen molar-refractivity contribution in [2.45, 2.75) is 59.7 Å². The highest BCUT2D eigenvalue weighted by Gasteiger charge is 2.26. The van der Waals surface area contributed by atoms with Crippen molar-refractivity contribution in [2.24, 2.45) is 0 Å². The largest absolute Gasteiger partial charge is 0.507 e. The van der Waals surface area contributed by atoms with E-state index in [1.165, 1.54) is 24.3 Å². The molecule has 0 saturated carbocycles. The number of rotatable bonds is 15. The van der Waals surface area contributed by atoms with Crippen molar-refractivity contribution in [2.75, 3.05) is 72.9 Å². The first kappa shape index (κ1) is 68.3. The number of amides is 3. The fourth-order valence-electron chi connectivity index (χ4n) is 9.31. The molecule has 0 bridgehead atoms. The number of carboxylic acid groups (broad SMARTS) is 1. The number of hydrogen-bond donors (Lipinski definition) is 6. The third-order valence-electron chi connectivity index (χ3n) is 14.0. The second kappa shape index (κ2) is 29.9. The number of benzene rings is 9. The molecule has 92 heavy (non-hydrogen) atoms. The molecule has 17 heteroatoms. The number of anilines is 6. The highest BCUT2D eigenvalue weighted by atomic mass is 16.6. The van der Waals surface area contributed by atoms with Crippen LogP contribution in [-0.2, 0) is 9.47 Å². The van der Waals surface area contributed by atoms with Gasteiger partial charge in [-0.1, -0.05) is 109 Å². The molecule has 9 aromatic rings. The van der Waals surface area contributed by atoms with Crippen LogP contribution in [0.15, 0.2) is 200 Å². The van der Waals surface area contributed by atoms with E-state index < -0.39 is 40.9 Å². The molecular weight excluding hydrogens is 1160 g/mol. The predicted molar refractivity (Wildman–Crippen MR) is 367 cm³/mol. The lowest BCUT2D eigenvalue weighted by atomic mass is 10.0. The lowest BCUT2D eigenvalue weighted by Gasteiger charge is -2.21. The number of hydrogen-bond acceptors (Lipinski definition) is 13. The summed E-state index contributed by atoms with van der Waals surface area (Å²) < 4.78 is 11.1. The van der Waals surface area contributed by atoms with Gasteiger partial charge in [0.1, 0.15) is 22.7 Å². The molecule has 474 valence electrons. The highest BCUT2D eigenvalue weighted by Crippen LogP contribution is 2.33. The van der Waals surface area contributed by atoms with E-state index in [1.807, 2.05) is 201 Å². The first-order chi connectivity index (χ1) is 43.5. The second-order valence-electron chi connectivity index (χ2n) is 24.1. The van der Waals surface area contributed by atoms with Crippen LogP contribution in [0.5, 0.6) is 11.5 Å². The van der Waals surface area contributed by atoms with Gasteiger partial charge < -0.3 is 55.4 Å². The summed E-state index contributed by atoms with van der Waals surface area (Å²) >= 11 is 0. The van der Waals surface area contributed by atoms with Crippen LogP contribution in [0.4, 0.5) is 34.1 Å². The molecule has 17 nitrogen and oxygen atoms in total. The van der Waals surface area contributed by atoms with E-state index in [2.05, 4.69) is 16.0 Å². The first-order valence-electron chi connectivity index (χ1n) is 29.5. The van der Waals surface area contributed by atoms with Gasteiger partial charge in [0.15, 0.2) is 0 Å². The van der Waals surface area contributed by atoms with Gasteiger partial charge in [-0.05, 0) is 166 Å². The van der Waals surface area contributed by atoms with Crippen LogP contribution in [-0.4, -0.2) is 104 Å². The monoisotopic (exact) mass is 1240 g/mol. The number of phenolic OH excluding ortho intramolecular Hbond substituents is 2. The average molecular weight is 1240 g/mol. The van der Waals surface area contributed by atoms with E-state index in [-0.39, 0.29) is 45.3 Å². The van der Waals surface area contributed by atoms with Crippen LogP contribution in [0.1, 0.15) is 109 Å². The second-order valence-corrected chi connectivity index (χ2v) is 24.1. The Labute approximate surface area is 537 Å². The maximum atomic E-state index is 13.1. The Bertz CT molecular complexity index is 3950. The molecular formula is C75H78N6O11. The number of ether oxygens (including phenoxy) is 2. The van der Waals surface area contributed by atoms with Crippen molar-refractivity contribution >= 4 is 69.8 Å². The molecule has 0 unspecified atom stereocenters. The Morgan fingerprint density at radius 1 is 0.348 bits per heavy atom. The zero-order valence-electron chi connectivity index (χ0n) is 54.0. The van der Waals surface area contributed by atoms with Gasteiger partial charge in [-0.2, -0.15) is 0 Å². The van der Waals surface area contributed by atoms with Crippen molar-refractivity contribution in [3.63, 3.8) is 0 Å².